The molecular formula is C34H34O6. The lowest BCUT2D eigenvalue weighted by atomic mass is 9.90. The van der Waals surface area contributed by atoms with Gasteiger partial charge in [0, 0.05) is 18.1 Å². The minimum atomic E-state index is -0.907. The van der Waals surface area contributed by atoms with E-state index in [1.807, 2.05) is 74.5 Å². The minimum Gasteiger partial charge on any atom is -0.491 e. The van der Waals surface area contributed by atoms with Crippen molar-refractivity contribution < 1.29 is 29.2 Å². The first-order chi connectivity index (χ1) is 19.3. The molecule has 5 rings (SSSR count). The van der Waals surface area contributed by atoms with Gasteiger partial charge in [-0.15, -0.1) is 0 Å². The number of hydrogen-bond donors (Lipinski definition) is 2. The first-order valence-corrected chi connectivity index (χ1v) is 13.4. The van der Waals surface area contributed by atoms with E-state index in [9.17, 15) is 9.90 Å². The van der Waals surface area contributed by atoms with Gasteiger partial charge in [0.05, 0.1) is 6.61 Å². The molecule has 206 valence electrons. The van der Waals surface area contributed by atoms with Crippen LogP contribution in [0.15, 0.2) is 72.8 Å². The summed E-state index contributed by atoms with van der Waals surface area (Å²) in [7, 11) is 0. The van der Waals surface area contributed by atoms with Crippen molar-refractivity contribution in [3.63, 3.8) is 0 Å². The molecule has 4 aromatic carbocycles. The lowest BCUT2D eigenvalue weighted by molar-refractivity contribution is -0.144. The van der Waals surface area contributed by atoms with Crippen LogP contribution in [0.2, 0.25) is 0 Å². The van der Waals surface area contributed by atoms with Crippen molar-refractivity contribution >= 4 is 5.97 Å². The van der Waals surface area contributed by atoms with Crippen LogP contribution in [0.25, 0.3) is 22.3 Å². The van der Waals surface area contributed by atoms with Crippen LogP contribution in [0.1, 0.15) is 46.4 Å². The molecule has 0 bridgehead atoms. The highest BCUT2D eigenvalue weighted by Gasteiger charge is 2.31. The maximum atomic E-state index is 11.8. The highest BCUT2D eigenvalue weighted by Crippen LogP contribution is 2.46. The smallest absolute Gasteiger partial charge is 0.303 e. The van der Waals surface area contributed by atoms with Gasteiger partial charge in [0.15, 0.2) is 6.10 Å². The summed E-state index contributed by atoms with van der Waals surface area (Å²) in [6, 6.07) is 24.1. The molecule has 0 radical (unpaired) electrons. The molecule has 0 amide bonds. The van der Waals surface area contributed by atoms with Gasteiger partial charge in [-0.2, -0.15) is 0 Å². The first kappa shape index (κ1) is 27.4. The van der Waals surface area contributed by atoms with Gasteiger partial charge in [0.25, 0.3) is 0 Å². The molecule has 2 N–H and O–H groups in total. The number of aryl methyl sites for hydroxylation is 2. The largest absolute Gasteiger partial charge is 0.491 e. The Bertz CT molecular complexity index is 1530. The summed E-state index contributed by atoms with van der Waals surface area (Å²) in [5.74, 6) is 1.11. The van der Waals surface area contributed by atoms with Gasteiger partial charge in [0.2, 0.25) is 0 Å². The zero-order valence-corrected chi connectivity index (χ0v) is 23.2. The molecule has 0 aliphatic heterocycles. The van der Waals surface area contributed by atoms with Crippen LogP contribution >= 0.6 is 0 Å². The zero-order chi connectivity index (χ0) is 28.4. The number of esters is 1. The molecule has 1 aliphatic carbocycles. The molecule has 1 aliphatic rings. The highest BCUT2D eigenvalue weighted by atomic mass is 16.5. The van der Waals surface area contributed by atoms with Gasteiger partial charge < -0.3 is 24.4 Å². The Balaban J connectivity index is 1.37. The predicted octanol–water partition coefficient (Wildman–Crippen LogP) is 6.22. The zero-order valence-electron chi connectivity index (χ0n) is 23.2. The summed E-state index contributed by atoms with van der Waals surface area (Å²) in [6.07, 6.45) is -1.31. The predicted molar refractivity (Wildman–Crippen MR) is 154 cm³/mol. The van der Waals surface area contributed by atoms with Crippen LogP contribution in [0.3, 0.4) is 0 Å². The van der Waals surface area contributed by atoms with Crippen molar-refractivity contribution in [3.8, 4) is 33.8 Å². The van der Waals surface area contributed by atoms with Crippen molar-refractivity contribution in [2.24, 2.45) is 0 Å². The quantitative estimate of drug-likeness (QED) is 0.246. The third-order valence-corrected chi connectivity index (χ3v) is 7.39. The standard InChI is InChI=1S/C34H34O6/c1-20-14-27(39-19-25(37)17-35)15-21(2)33(20)28-11-7-8-24(22(28)3)18-38-26-12-13-31-32(16-26)29-9-5-6-10-30(29)34(31)40-23(4)36/h5-16,25,34-35,37H,17-19H2,1-4H3/t25-,34?/m0/s1. The van der Waals surface area contributed by atoms with Crippen LogP contribution in [0.4, 0.5) is 0 Å². The number of hydrogen-bond acceptors (Lipinski definition) is 6. The fraction of sp³-hybridized carbons (Fsp3) is 0.265. The number of aliphatic hydroxyl groups excluding tert-OH is 2. The summed E-state index contributed by atoms with van der Waals surface area (Å²) in [6.45, 7) is 7.75. The molecule has 0 saturated carbocycles. The van der Waals surface area contributed by atoms with E-state index in [2.05, 4.69) is 19.1 Å². The summed E-state index contributed by atoms with van der Waals surface area (Å²) < 4.78 is 17.6. The van der Waals surface area contributed by atoms with E-state index in [-0.39, 0.29) is 19.2 Å². The van der Waals surface area contributed by atoms with E-state index in [0.717, 1.165) is 61.4 Å². The number of aliphatic hydroxyl groups is 2. The molecule has 6 nitrogen and oxygen atoms in total. The van der Waals surface area contributed by atoms with Gasteiger partial charge in [0.1, 0.15) is 30.8 Å². The molecule has 0 saturated heterocycles. The van der Waals surface area contributed by atoms with E-state index >= 15 is 0 Å². The number of ether oxygens (including phenoxy) is 3. The highest BCUT2D eigenvalue weighted by molar-refractivity contribution is 5.81. The first-order valence-electron chi connectivity index (χ1n) is 13.4. The third-order valence-electron chi connectivity index (χ3n) is 7.39. The Hall–Kier alpha value is -4.13. The topological polar surface area (TPSA) is 85.2 Å². The van der Waals surface area contributed by atoms with Gasteiger partial charge in [-0.25, -0.2) is 0 Å². The summed E-state index contributed by atoms with van der Waals surface area (Å²) in [4.78, 5) is 11.8. The third kappa shape index (κ3) is 5.46. The molecule has 40 heavy (non-hydrogen) atoms. The normalized spacial score (nSPS) is 14.3. The van der Waals surface area contributed by atoms with Crippen molar-refractivity contribution in [1.29, 1.82) is 0 Å². The van der Waals surface area contributed by atoms with Crippen molar-refractivity contribution in [1.82, 2.24) is 0 Å². The fourth-order valence-electron chi connectivity index (χ4n) is 5.47. The average molecular weight is 539 g/mol. The van der Waals surface area contributed by atoms with Crippen LogP contribution < -0.4 is 9.47 Å². The molecule has 0 heterocycles. The number of carbonyl (C=O) groups excluding carboxylic acids is 1. The Labute approximate surface area is 234 Å². The Morgan fingerprint density at radius 3 is 2.25 bits per heavy atom. The number of carbonyl (C=O) groups is 1. The van der Waals surface area contributed by atoms with E-state index in [1.54, 1.807) is 0 Å². The van der Waals surface area contributed by atoms with Gasteiger partial charge >= 0.3 is 5.97 Å². The average Bonchev–Trinajstić information content (AvgIpc) is 3.24. The summed E-state index contributed by atoms with van der Waals surface area (Å²) >= 11 is 0. The van der Waals surface area contributed by atoms with Gasteiger partial charge in [-0.1, -0.05) is 48.5 Å². The van der Waals surface area contributed by atoms with E-state index < -0.39 is 12.2 Å². The Morgan fingerprint density at radius 1 is 0.825 bits per heavy atom. The molecule has 6 heteroatoms. The van der Waals surface area contributed by atoms with E-state index in [1.165, 1.54) is 6.92 Å². The summed E-state index contributed by atoms with van der Waals surface area (Å²) in [5, 5.41) is 18.7. The SMILES string of the molecule is CC(=O)OC1c2ccccc2-c2cc(OCc3cccc(-c4c(C)cc(OC[C@@H](O)CO)cc4C)c3C)ccc21. The second-order valence-electron chi connectivity index (χ2n) is 10.3. The molecular weight excluding hydrogens is 504 g/mol. The van der Waals surface area contributed by atoms with Crippen LogP contribution in [0.5, 0.6) is 11.5 Å². The Morgan fingerprint density at radius 2 is 1.52 bits per heavy atom. The van der Waals surface area contributed by atoms with Gasteiger partial charge in [-0.05, 0) is 89.5 Å². The molecule has 0 fully saturated rings. The second kappa shape index (κ2) is 11.5. The monoisotopic (exact) mass is 538 g/mol. The molecule has 2 atom stereocenters. The lowest BCUT2D eigenvalue weighted by Crippen LogP contribution is -2.21. The van der Waals surface area contributed by atoms with Crippen molar-refractivity contribution in [2.75, 3.05) is 13.2 Å². The second-order valence-corrected chi connectivity index (χ2v) is 10.3. The minimum absolute atomic E-state index is 0.0409. The van der Waals surface area contributed by atoms with E-state index in [4.69, 9.17) is 19.3 Å². The molecule has 4 aromatic rings. The van der Waals surface area contributed by atoms with Crippen LogP contribution in [-0.2, 0) is 16.1 Å². The number of fused-ring (bicyclic) bond motifs is 3. The lowest BCUT2D eigenvalue weighted by Gasteiger charge is -2.18. The Kier molecular flexibility index (Phi) is 7.92. The molecule has 0 spiro atoms. The number of benzene rings is 4. The number of rotatable bonds is 9. The fourth-order valence-corrected chi connectivity index (χ4v) is 5.47. The maximum Gasteiger partial charge on any atom is 0.303 e. The maximum absolute atomic E-state index is 11.8. The van der Waals surface area contributed by atoms with Crippen molar-refractivity contribution in [3.05, 3.63) is 106 Å². The van der Waals surface area contributed by atoms with Crippen LogP contribution in [-0.4, -0.2) is 35.5 Å². The summed E-state index contributed by atoms with van der Waals surface area (Å²) in [5.41, 5.74) is 10.6. The van der Waals surface area contributed by atoms with Crippen molar-refractivity contribution in [2.45, 2.75) is 46.5 Å². The van der Waals surface area contributed by atoms with Gasteiger partial charge in [-0.3, -0.25) is 4.79 Å². The molecule has 1 unspecified atom stereocenters. The molecule has 0 aromatic heterocycles. The van der Waals surface area contributed by atoms with Crippen LogP contribution in [0, 0.1) is 20.8 Å². The van der Waals surface area contributed by atoms with E-state index in [0.29, 0.717) is 12.4 Å².